The van der Waals surface area contributed by atoms with E-state index in [1.54, 1.807) is 25.4 Å². The number of benzene rings is 3. The molecule has 39 heavy (non-hydrogen) atoms. The third-order valence-electron chi connectivity index (χ3n) is 7.58. The smallest absolute Gasteiger partial charge is 0.306 e. The molecule has 202 valence electrons. The van der Waals surface area contributed by atoms with Crippen LogP contribution in [0, 0.1) is 5.92 Å². The van der Waals surface area contributed by atoms with Crippen molar-refractivity contribution in [1.82, 2.24) is 15.1 Å². The fraction of sp³-hybridized carbons (Fsp3) is 0.323. The van der Waals surface area contributed by atoms with Crippen molar-refractivity contribution in [2.75, 3.05) is 7.11 Å². The van der Waals surface area contributed by atoms with Gasteiger partial charge in [-0.1, -0.05) is 60.8 Å². The van der Waals surface area contributed by atoms with E-state index in [0.29, 0.717) is 35.5 Å². The third-order valence-corrected chi connectivity index (χ3v) is 7.91. The molecule has 3 aromatic carbocycles. The minimum Gasteiger partial charge on any atom is -0.497 e. The highest BCUT2D eigenvalue weighted by Crippen LogP contribution is 2.29. The number of aromatic nitrogens is 2. The van der Waals surface area contributed by atoms with Crippen LogP contribution in [0.5, 0.6) is 5.75 Å². The van der Waals surface area contributed by atoms with Crippen LogP contribution in [0.3, 0.4) is 0 Å². The second-order valence-electron chi connectivity index (χ2n) is 10.2. The average molecular weight is 546 g/mol. The van der Waals surface area contributed by atoms with Gasteiger partial charge in [0.2, 0.25) is 0 Å². The number of nitrogens with one attached hydrogen (secondary N) is 1. The Bertz CT molecular complexity index is 1470. The maximum atomic E-state index is 13.5. The van der Waals surface area contributed by atoms with Gasteiger partial charge in [0, 0.05) is 11.4 Å². The number of ether oxygens (including phenoxy) is 1. The lowest BCUT2D eigenvalue weighted by molar-refractivity contribution is -0.142. The molecule has 1 heterocycles. The van der Waals surface area contributed by atoms with Gasteiger partial charge in [-0.25, -0.2) is 0 Å². The molecule has 1 saturated carbocycles. The summed E-state index contributed by atoms with van der Waals surface area (Å²) in [6, 6.07) is 19.7. The minimum atomic E-state index is -0.718. The number of carbonyl (C=O) groups is 2. The first-order valence-corrected chi connectivity index (χ1v) is 13.7. The highest BCUT2D eigenvalue weighted by Gasteiger charge is 2.24. The monoisotopic (exact) mass is 545 g/mol. The van der Waals surface area contributed by atoms with Crippen molar-refractivity contribution in [3.05, 3.63) is 83.0 Å². The number of rotatable bonds is 7. The Kier molecular flexibility index (Phi) is 8.17. The number of amides is 1. The summed E-state index contributed by atoms with van der Waals surface area (Å²) in [6.45, 7) is 0.489. The van der Waals surface area contributed by atoms with Crippen molar-refractivity contribution in [2.45, 2.75) is 51.1 Å². The molecule has 0 bridgehead atoms. The second kappa shape index (κ2) is 11.9. The number of carboxylic acid groups (broad SMARTS) is 1. The molecule has 1 amide bonds. The molecule has 4 aromatic rings. The molecule has 1 aromatic heterocycles. The number of carbonyl (C=O) groups excluding carboxylic acids is 1. The first-order valence-electron chi connectivity index (χ1n) is 13.3. The number of hydrogen-bond acceptors (Lipinski definition) is 4. The molecule has 8 heteroatoms. The molecule has 1 aliphatic rings. The molecule has 5 rings (SSSR count). The van der Waals surface area contributed by atoms with Crippen LogP contribution in [-0.4, -0.2) is 39.9 Å². The van der Waals surface area contributed by atoms with Crippen molar-refractivity contribution in [2.24, 2.45) is 5.92 Å². The summed E-state index contributed by atoms with van der Waals surface area (Å²) < 4.78 is 7.17. The normalized spacial score (nSPS) is 17.8. The van der Waals surface area contributed by atoms with Gasteiger partial charge in [0.05, 0.1) is 41.9 Å². The Hall–Kier alpha value is -3.84. The maximum Gasteiger partial charge on any atom is 0.306 e. The molecule has 0 spiro atoms. The van der Waals surface area contributed by atoms with Crippen molar-refractivity contribution >= 4 is 34.4 Å². The van der Waals surface area contributed by atoms with Gasteiger partial charge in [-0.05, 0) is 66.6 Å². The zero-order chi connectivity index (χ0) is 27.4. The Morgan fingerprint density at radius 3 is 2.46 bits per heavy atom. The van der Waals surface area contributed by atoms with E-state index in [9.17, 15) is 14.7 Å². The molecular weight excluding hydrogens is 514 g/mol. The van der Waals surface area contributed by atoms with Gasteiger partial charge in [0.1, 0.15) is 5.75 Å². The van der Waals surface area contributed by atoms with Gasteiger partial charge in [0.15, 0.2) is 0 Å². The zero-order valence-electron chi connectivity index (χ0n) is 21.9. The lowest BCUT2D eigenvalue weighted by atomic mass is 9.89. The number of fused-ring (bicyclic) bond motifs is 1. The molecule has 0 unspecified atom stereocenters. The Balaban J connectivity index is 1.34. The van der Waals surface area contributed by atoms with Crippen LogP contribution in [-0.2, 0) is 11.3 Å². The van der Waals surface area contributed by atoms with Gasteiger partial charge < -0.3 is 15.2 Å². The van der Waals surface area contributed by atoms with Crippen LogP contribution in [0.1, 0.15) is 54.4 Å². The van der Waals surface area contributed by atoms with Gasteiger partial charge in [-0.3, -0.25) is 14.3 Å². The van der Waals surface area contributed by atoms with Gasteiger partial charge in [-0.2, -0.15) is 5.10 Å². The number of carboxylic acids is 1. The zero-order valence-corrected chi connectivity index (χ0v) is 22.7. The van der Waals surface area contributed by atoms with Crippen LogP contribution in [0.15, 0.2) is 66.9 Å². The van der Waals surface area contributed by atoms with Crippen LogP contribution < -0.4 is 10.1 Å². The standard InChI is InChI=1S/C31H32ClN3O4/c1-39-25-10-4-7-23(17-25)21-13-11-20(12-14-21)19-35-29-26(15-16-28(32)27(29)18-33-35)30(36)34-24-8-2-5-22(31(37)38)6-3-9-24/h4,7,10-18,22,24H,2-3,5-6,8-9,19H2,1H3,(H,34,36)(H,37,38). The van der Waals surface area contributed by atoms with E-state index in [1.165, 1.54) is 0 Å². The highest BCUT2D eigenvalue weighted by molar-refractivity contribution is 6.36. The number of methoxy groups -OCH3 is 1. The summed E-state index contributed by atoms with van der Waals surface area (Å²) in [7, 11) is 1.66. The molecule has 1 aliphatic carbocycles. The van der Waals surface area contributed by atoms with Crippen molar-refractivity contribution < 1.29 is 19.4 Å². The number of hydrogen-bond donors (Lipinski definition) is 2. The average Bonchev–Trinajstić information content (AvgIpc) is 3.35. The van der Waals surface area contributed by atoms with E-state index in [0.717, 1.165) is 53.5 Å². The summed E-state index contributed by atoms with van der Waals surface area (Å²) in [5.41, 5.74) is 4.44. The van der Waals surface area contributed by atoms with Gasteiger partial charge in [0.25, 0.3) is 5.91 Å². The van der Waals surface area contributed by atoms with E-state index in [1.807, 2.05) is 28.9 Å². The van der Waals surface area contributed by atoms with E-state index in [4.69, 9.17) is 16.3 Å². The number of halogens is 1. The van der Waals surface area contributed by atoms with E-state index in [2.05, 4.69) is 34.7 Å². The Labute approximate surface area is 232 Å². The molecule has 0 aliphatic heterocycles. The van der Waals surface area contributed by atoms with E-state index < -0.39 is 5.97 Å². The van der Waals surface area contributed by atoms with Crippen molar-refractivity contribution in [3.63, 3.8) is 0 Å². The van der Waals surface area contributed by atoms with Crippen molar-refractivity contribution in [3.8, 4) is 16.9 Å². The SMILES string of the molecule is COc1cccc(-c2ccc(Cn3ncc4c(Cl)ccc(C(=O)NC5CCCC(C(=O)O)CCC5)c43)cc2)c1. The summed E-state index contributed by atoms with van der Waals surface area (Å²) in [5.74, 6) is -0.348. The Morgan fingerprint density at radius 1 is 1.03 bits per heavy atom. The fourth-order valence-corrected chi connectivity index (χ4v) is 5.62. The highest BCUT2D eigenvalue weighted by atomic mass is 35.5. The largest absolute Gasteiger partial charge is 0.497 e. The van der Waals surface area contributed by atoms with Crippen LogP contribution in [0.25, 0.3) is 22.0 Å². The molecular formula is C31H32ClN3O4. The quantitative estimate of drug-likeness (QED) is 0.274. The van der Waals surface area contributed by atoms with Gasteiger partial charge in [-0.15, -0.1) is 0 Å². The lowest BCUT2D eigenvalue weighted by Gasteiger charge is -2.24. The molecule has 0 radical (unpaired) electrons. The first kappa shape index (κ1) is 26.8. The van der Waals surface area contributed by atoms with Crippen LogP contribution in [0.4, 0.5) is 0 Å². The minimum absolute atomic E-state index is 0.0125. The van der Waals surface area contributed by atoms with Gasteiger partial charge >= 0.3 is 5.97 Å². The summed E-state index contributed by atoms with van der Waals surface area (Å²) in [6.07, 6.45) is 6.10. The topological polar surface area (TPSA) is 93.5 Å². The first-order chi connectivity index (χ1) is 18.9. The third kappa shape index (κ3) is 6.09. The molecule has 7 nitrogen and oxygen atoms in total. The van der Waals surface area contributed by atoms with E-state index in [-0.39, 0.29) is 17.9 Å². The van der Waals surface area contributed by atoms with Crippen LogP contribution >= 0.6 is 11.6 Å². The van der Waals surface area contributed by atoms with Crippen LogP contribution in [0.2, 0.25) is 5.02 Å². The Morgan fingerprint density at radius 2 is 1.77 bits per heavy atom. The molecule has 1 fully saturated rings. The molecule has 0 saturated heterocycles. The fourth-order valence-electron chi connectivity index (χ4n) is 5.42. The summed E-state index contributed by atoms with van der Waals surface area (Å²) in [4.78, 5) is 24.8. The summed E-state index contributed by atoms with van der Waals surface area (Å²) in [5, 5.41) is 18.4. The molecule has 2 N–H and O–H groups in total. The molecule has 0 atom stereocenters. The lowest BCUT2D eigenvalue weighted by Crippen LogP contribution is -2.36. The second-order valence-corrected chi connectivity index (χ2v) is 10.6. The predicted molar refractivity (Wildman–Crippen MR) is 152 cm³/mol. The number of aliphatic carboxylic acids is 1. The van der Waals surface area contributed by atoms with Crippen molar-refractivity contribution in [1.29, 1.82) is 0 Å². The summed E-state index contributed by atoms with van der Waals surface area (Å²) >= 11 is 6.49. The predicted octanol–water partition coefficient (Wildman–Crippen LogP) is 6.57. The maximum absolute atomic E-state index is 13.5. The van der Waals surface area contributed by atoms with E-state index >= 15 is 0 Å². The number of nitrogens with zero attached hydrogens (tertiary/aromatic N) is 2.